The van der Waals surface area contributed by atoms with E-state index in [4.69, 9.17) is 10.2 Å². The maximum Gasteiger partial charge on any atom is 0.310 e. The zero-order chi connectivity index (χ0) is 13.8. The van der Waals surface area contributed by atoms with Gasteiger partial charge in [0.25, 0.3) is 0 Å². The van der Waals surface area contributed by atoms with Crippen LogP contribution in [0.1, 0.15) is 51.9 Å². The number of carboxylic acids is 2. The molecule has 0 heterocycles. The Morgan fingerprint density at radius 2 is 1.50 bits per heavy atom. The first-order chi connectivity index (χ1) is 8.35. The molecule has 0 radical (unpaired) electrons. The van der Waals surface area contributed by atoms with Crippen LogP contribution in [0.3, 0.4) is 0 Å². The van der Waals surface area contributed by atoms with E-state index in [1.807, 2.05) is 0 Å². The highest BCUT2D eigenvalue weighted by Gasteiger charge is 2.45. The van der Waals surface area contributed by atoms with Crippen molar-refractivity contribution in [2.75, 3.05) is 0 Å². The lowest BCUT2D eigenvalue weighted by Crippen LogP contribution is -2.40. The van der Waals surface area contributed by atoms with Crippen LogP contribution in [0.25, 0.3) is 0 Å². The summed E-state index contributed by atoms with van der Waals surface area (Å²) in [6.45, 7) is 1.24. The number of fused-ring (bicyclic) bond motifs is 3. The monoisotopic (exact) mass is 256 g/mol. The second kappa shape index (κ2) is 5.98. The van der Waals surface area contributed by atoms with E-state index >= 15 is 0 Å². The highest BCUT2D eigenvalue weighted by Crippen LogP contribution is 2.50. The number of aliphatic carboxylic acids is 2. The Kier molecular flexibility index (Phi) is 4.87. The van der Waals surface area contributed by atoms with Crippen LogP contribution in [-0.4, -0.2) is 27.9 Å². The van der Waals surface area contributed by atoms with E-state index in [-0.39, 0.29) is 17.6 Å². The predicted octanol–water partition coefficient (Wildman–Crippen LogP) is 2.09. The molecule has 3 rings (SSSR count). The Morgan fingerprint density at radius 1 is 1.06 bits per heavy atom. The Hall–Kier alpha value is -1.39. The lowest BCUT2D eigenvalue weighted by atomic mass is 9.61. The standard InChI is InChI=1S/C9H14O2.C4H6O3/c10-8(11)9-4-1-7(2-5-9)3-6-9;1-3(5)2-4(6)7/h7H,1-6H2,(H,10,11);2H2,1H3,(H,6,7). The Balaban J connectivity index is 0.000000203. The van der Waals surface area contributed by atoms with Crippen LogP contribution < -0.4 is 0 Å². The minimum atomic E-state index is -1.06. The molecule has 0 aromatic rings. The number of ketones is 1. The van der Waals surface area contributed by atoms with Gasteiger partial charge in [0, 0.05) is 0 Å². The van der Waals surface area contributed by atoms with Gasteiger partial charge in [-0.15, -0.1) is 0 Å². The van der Waals surface area contributed by atoms with Gasteiger partial charge in [-0.2, -0.15) is 0 Å². The van der Waals surface area contributed by atoms with Gasteiger partial charge < -0.3 is 10.2 Å². The van der Waals surface area contributed by atoms with Gasteiger partial charge in [0.05, 0.1) is 5.41 Å². The summed E-state index contributed by atoms with van der Waals surface area (Å²) in [6.07, 6.45) is 5.93. The van der Waals surface area contributed by atoms with Gasteiger partial charge >= 0.3 is 11.9 Å². The minimum Gasteiger partial charge on any atom is -0.481 e. The molecule has 0 aromatic carbocycles. The quantitative estimate of drug-likeness (QED) is 0.754. The molecule has 0 spiro atoms. The Morgan fingerprint density at radius 3 is 1.67 bits per heavy atom. The lowest BCUT2D eigenvalue weighted by molar-refractivity contribution is -0.155. The van der Waals surface area contributed by atoms with Crippen molar-refractivity contribution in [3.05, 3.63) is 0 Å². The SMILES string of the molecule is CC(=O)CC(=O)O.O=C(O)C12CCC(CC1)CC2. The fourth-order valence-corrected chi connectivity index (χ4v) is 2.78. The maximum atomic E-state index is 10.9. The van der Waals surface area contributed by atoms with Crippen molar-refractivity contribution in [3.63, 3.8) is 0 Å². The van der Waals surface area contributed by atoms with Gasteiger partial charge in [0.2, 0.25) is 0 Å². The van der Waals surface area contributed by atoms with Gasteiger partial charge in [0.1, 0.15) is 12.2 Å². The number of carboxylic acid groups (broad SMARTS) is 2. The molecular formula is C13H20O5. The molecule has 18 heavy (non-hydrogen) atoms. The highest BCUT2D eigenvalue weighted by atomic mass is 16.4. The van der Waals surface area contributed by atoms with E-state index in [9.17, 15) is 14.4 Å². The molecule has 3 fully saturated rings. The van der Waals surface area contributed by atoms with Crippen LogP contribution in [0, 0.1) is 11.3 Å². The van der Waals surface area contributed by atoms with Gasteiger partial charge in [-0.25, -0.2) is 0 Å². The number of carbonyl (C=O) groups is 3. The zero-order valence-electron chi connectivity index (χ0n) is 10.6. The van der Waals surface area contributed by atoms with E-state index in [0.29, 0.717) is 0 Å². The van der Waals surface area contributed by atoms with Crippen LogP contribution in [0.2, 0.25) is 0 Å². The molecule has 0 aliphatic heterocycles. The summed E-state index contributed by atoms with van der Waals surface area (Å²) in [5.41, 5.74) is -0.297. The molecule has 3 aliphatic carbocycles. The molecule has 0 saturated heterocycles. The molecule has 2 bridgehead atoms. The molecule has 102 valence electrons. The first-order valence-corrected chi connectivity index (χ1v) is 6.30. The minimum absolute atomic E-state index is 0.297. The topological polar surface area (TPSA) is 91.7 Å². The van der Waals surface area contributed by atoms with Crippen LogP contribution in [-0.2, 0) is 14.4 Å². The van der Waals surface area contributed by atoms with E-state index in [2.05, 4.69) is 0 Å². The van der Waals surface area contributed by atoms with Gasteiger partial charge in [-0.05, 0) is 51.4 Å². The smallest absolute Gasteiger partial charge is 0.310 e. The van der Waals surface area contributed by atoms with Crippen LogP contribution >= 0.6 is 0 Å². The van der Waals surface area contributed by atoms with Crippen molar-refractivity contribution in [2.45, 2.75) is 51.9 Å². The highest BCUT2D eigenvalue weighted by molar-refractivity contribution is 5.93. The summed E-state index contributed by atoms with van der Waals surface area (Å²) >= 11 is 0. The molecule has 5 nitrogen and oxygen atoms in total. The summed E-state index contributed by atoms with van der Waals surface area (Å²) in [5, 5.41) is 16.9. The summed E-state index contributed by atoms with van der Waals surface area (Å²) < 4.78 is 0. The van der Waals surface area contributed by atoms with Crippen molar-refractivity contribution < 1.29 is 24.6 Å². The molecule has 3 saturated carbocycles. The number of hydrogen-bond donors (Lipinski definition) is 2. The number of hydrogen-bond acceptors (Lipinski definition) is 3. The predicted molar refractivity (Wildman–Crippen MR) is 64.2 cm³/mol. The molecule has 0 amide bonds. The van der Waals surface area contributed by atoms with Crippen LogP contribution in [0.5, 0.6) is 0 Å². The van der Waals surface area contributed by atoms with Crippen molar-refractivity contribution >= 4 is 17.7 Å². The Bertz CT molecular complexity index is 314. The lowest BCUT2D eigenvalue weighted by Gasteiger charge is -2.43. The molecule has 0 aromatic heterocycles. The summed E-state index contributed by atoms with van der Waals surface area (Å²) in [7, 11) is 0. The number of rotatable bonds is 3. The Labute approximate surface area is 106 Å². The third-order valence-electron chi connectivity index (χ3n) is 3.95. The summed E-state index contributed by atoms with van der Waals surface area (Å²) in [4.78, 5) is 30.4. The zero-order valence-corrected chi connectivity index (χ0v) is 10.6. The second-order valence-electron chi connectivity index (χ2n) is 5.34. The van der Waals surface area contributed by atoms with Crippen molar-refractivity contribution in [2.24, 2.45) is 11.3 Å². The molecule has 0 atom stereocenters. The average molecular weight is 256 g/mol. The van der Waals surface area contributed by atoms with Gasteiger partial charge in [-0.1, -0.05) is 0 Å². The van der Waals surface area contributed by atoms with E-state index < -0.39 is 11.9 Å². The molecular weight excluding hydrogens is 236 g/mol. The summed E-state index contributed by atoms with van der Waals surface area (Å²) in [5.74, 6) is -1.06. The first kappa shape index (κ1) is 14.7. The third kappa shape index (κ3) is 3.82. The summed E-state index contributed by atoms with van der Waals surface area (Å²) in [6, 6.07) is 0. The van der Waals surface area contributed by atoms with Crippen molar-refractivity contribution in [3.8, 4) is 0 Å². The third-order valence-corrected chi connectivity index (χ3v) is 3.95. The molecule has 3 aliphatic rings. The normalized spacial score (nSPS) is 29.1. The largest absolute Gasteiger partial charge is 0.481 e. The van der Waals surface area contributed by atoms with E-state index in [1.54, 1.807) is 0 Å². The van der Waals surface area contributed by atoms with Crippen LogP contribution in [0.4, 0.5) is 0 Å². The van der Waals surface area contributed by atoms with Crippen LogP contribution in [0.15, 0.2) is 0 Å². The van der Waals surface area contributed by atoms with Gasteiger partial charge in [0.15, 0.2) is 0 Å². The van der Waals surface area contributed by atoms with Crippen molar-refractivity contribution in [1.29, 1.82) is 0 Å². The molecule has 0 unspecified atom stereocenters. The van der Waals surface area contributed by atoms with Crippen molar-refractivity contribution in [1.82, 2.24) is 0 Å². The number of carbonyl (C=O) groups excluding carboxylic acids is 1. The average Bonchev–Trinajstić information content (AvgIpc) is 2.30. The van der Waals surface area contributed by atoms with Gasteiger partial charge in [-0.3, -0.25) is 14.4 Å². The molecule has 2 N–H and O–H groups in total. The van der Waals surface area contributed by atoms with E-state index in [1.165, 1.54) is 6.92 Å². The second-order valence-corrected chi connectivity index (χ2v) is 5.34. The first-order valence-electron chi connectivity index (χ1n) is 6.30. The fourth-order valence-electron chi connectivity index (χ4n) is 2.78. The molecule has 5 heteroatoms. The fraction of sp³-hybridized carbons (Fsp3) is 0.769. The maximum absolute atomic E-state index is 10.9. The van der Waals surface area contributed by atoms with E-state index in [0.717, 1.165) is 44.4 Å². The number of Topliss-reactive ketones (excluding diaryl/α,β-unsaturated/α-hetero) is 1.